The lowest BCUT2D eigenvalue weighted by Gasteiger charge is -2.23. The van der Waals surface area contributed by atoms with Crippen LogP contribution in [0, 0.1) is 0 Å². The fourth-order valence-corrected chi connectivity index (χ4v) is 5.52. The van der Waals surface area contributed by atoms with Gasteiger partial charge in [0.25, 0.3) is 5.91 Å². The zero-order valence-corrected chi connectivity index (χ0v) is 16.8. The summed E-state index contributed by atoms with van der Waals surface area (Å²) in [5.41, 5.74) is 2.07. The number of nitrogens with one attached hydrogen (secondary N) is 2. The number of aromatic nitrogens is 1. The molecule has 2 saturated heterocycles. The van der Waals surface area contributed by atoms with E-state index in [0.717, 1.165) is 35.5 Å². The van der Waals surface area contributed by atoms with Crippen molar-refractivity contribution >= 4 is 33.5 Å². The van der Waals surface area contributed by atoms with Crippen LogP contribution in [0.15, 0.2) is 54.6 Å². The van der Waals surface area contributed by atoms with Crippen LogP contribution in [-0.4, -0.2) is 41.1 Å². The summed E-state index contributed by atoms with van der Waals surface area (Å²) in [6.45, 7) is 1.34. The molecule has 2 N–H and O–H groups in total. The molecule has 2 aromatic carbocycles. The number of benzene rings is 2. The van der Waals surface area contributed by atoms with Gasteiger partial charge in [0.15, 0.2) is 11.7 Å². The molecule has 3 aromatic rings. The normalized spacial score (nSPS) is 24.4. The highest BCUT2D eigenvalue weighted by atomic mass is 32.1. The Bertz CT molecular complexity index is 1020. The van der Waals surface area contributed by atoms with Gasteiger partial charge in [0.05, 0.1) is 16.8 Å². The quantitative estimate of drug-likeness (QED) is 0.637. The molecular weight excluding hydrogens is 384 g/mol. The molecule has 3 atom stereocenters. The van der Waals surface area contributed by atoms with Crippen LogP contribution in [0.1, 0.15) is 29.5 Å². The molecule has 0 aliphatic carbocycles. The summed E-state index contributed by atoms with van der Waals surface area (Å²) in [5.74, 6) is -0.124. The van der Waals surface area contributed by atoms with Gasteiger partial charge in [-0.2, -0.15) is 0 Å². The lowest BCUT2D eigenvalue weighted by atomic mass is 10.1. The average Bonchev–Trinajstić information content (AvgIpc) is 3.43. The van der Waals surface area contributed by atoms with Crippen molar-refractivity contribution in [2.45, 2.75) is 31.3 Å². The predicted octanol–water partition coefficient (Wildman–Crippen LogP) is 2.14. The average molecular weight is 408 g/mol. The summed E-state index contributed by atoms with van der Waals surface area (Å²) in [5, 5.41) is 3.97. The molecule has 0 radical (unpaired) electrons. The number of quaternary nitrogens is 1. The molecule has 2 fully saturated rings. The van der Waals surface area contributed by atoms with E-state index in [4.69, 9.17) is 4.98 Å². The molecule has 3 heterocycles. The number of carbonyl (C=O) groups is 2. The van der Waals surface area contributed by atoms with Crippen molar-refractivity contribution in [1.29, 1.82) is 0 Å². The Morgan fingerprint density at radius 1 is 1.10 bits per heavy atom. The van der Waals surface area contributed by atoms with Gasteiger partial charge >= 0.3 is 6.03 Å². The Hall–Kier alpha value is -2.77. The fraction of sp³-hybridized carbons (Fsp3) is 0.318. The Labute approximate surface area is 173 Å². The van der Waals surface area contributed by atoms with Gasteiger partial charge in [0, 0.05) is 19.3 Å². The highest BCUT2D eigenvalue weighted by molar-refractivity contribution is 7.18. The molecule has 0 saturated carbocycles. The molecule has 148 valence electrons. The molecular formula is C22H23N4O2S+. The minimum absolute atomic E-state index is 0.124. The van der Waals surface area contributed by atoms with Crippen LogP contribution in [0.2, 0.25) is 0 Å². The number of carbonyl (C=O) groups excluding carboxylic acids is 2. The molecule has 6 nitrogen and oxygen atoms in total. The van der Waals surface area contributed by atoms with E-state index >= 15 is 0 Å². The Morgan fingerprint density at radius 2 is 1.90 bits per heavy atom. The summed E-state index contributed by atoms with van der Waals surface area (Å²) in [4.78, 5) is 32.9. The van der Waals surface area contributed by atoms with Gasteiger partial charge in [0.1, 0.15) is 12.1 Å². The van der Waals surface area contributed by atoms with Gasteiger partial charge in [-0.25, -0.2) is 14.7 Å². The lowest BCUT2D eigenvalue weighted by Crippen LogP contribution is -3.12. The highest BCUT2D eigenvalue weighted by Crippen LogP contribution is 2.28. The van der Waals surface area contributed by atoms with Crippen molar-refractivity contribution in [3.63, 3.8) is 0 Å². The fourth-order valence-electron chi connectivity index (χ4n) is 4.36. The zero-order chi connectivity index (χ0) is 19.8. The first kappa shape index (κ1) is 18.3. The van der Waals surface area contributed by atoms with E-state index < -0.39 is 6.04 Å². The van der Waals surface area contributed by atoms with Crippen molar-refractivity contribution in [3.8, 4) is 0 Å². The van der Waals surface area contributed by atoms with Crippen LogP contribution < -0.4 is 10.2 Å². The van der Waals surface area contributed by atoms with Crippen molar-refractivity contribution < 1.29 is 14.5 Å². The smallest absolute Gasteiger partial charge is 0.325 e. The van der Waals surface area contributed by atoms with Gasteiger partial charge in [-0.05, 0) is 17.7 Å². The first-order valence-electron chi connectivity index (χ1n) is 10.0. The van der Waals surface area contributed by atoms with Gasteiger partial charge < -0.3 is 10.2 Å². The van der Waals surface area contributed by atoms with E-state index in [1.807, 2.05) is 48.5 Å². The summed E-state index contributed by atoms with van der Waals surface area (Å²) in [6, 6.07) is 17.5. The first-order chi connectivity index (χ1) is 14.2. The minimum Gasteiger partial charge on any atom is -0.325 e. The van der Waals surface area contributed by atoms with Crippen LogP contribution in [0.25, 0.3) is 10.2 Å². The molecule has 29 heavy (non-hydrogen) atoms. The van der Waals surface area contributed by atoms with E-state index in [1.165, 1.54) is 14.5 Å². The molecule has 2 aliphatic heterocycles. The maximum atomic E-state index is 12.9. The molecule has 2 aliphatic rings. The molecule has 0 spiro atoms. The number of fused-ring (bicyclic) bond motifs is 1. The zero-order valence-electron chi connectivity index (χ0n) is 16.0. The second-order valence-corrected chi connectivity index (χ2v) is 8.80. The van der Waals surface area contributed by atoms with Crippen molar-refractivity contribution in [1.82, 2.24) is 15.2 Å². The summed E-state index contributed by atoms with van der Waals surface area (Å²) in [6.07, 6.45) is 2.64. The van der Waals surface area contributed by atoms with Crippen LogP contribution in [0.4, 0.5) is 4.79 Å². The monoisotopic (exact) mass is 407 g/mol. The van der Waals surface area contributed by atoms with Crippen LogP contribution in [0.5, 0.6) is 0 Å². The van der Waals surface area contributed by atoms with E-state index in [1.54, 1.807) is 11.3 Å². The number of urea groups is 1. The first-order valence-corrected chi connectivity index (χ1v) is 10.9. The van der Waals surface area contributed by atoms with E-state index in [-0.39, 0.29) is 18.0 Å². The third-order valence-corrected chi connectivity index (χ3v) is 6.99. The number of likely N-dealkylation sites (tertiary alicyclic amines) is 1. The second kappa shape index (κ2) is 7.57. The number of rotatable bonds is 5. The van der Waals surface area contributed by atoms with E-state index in [2.05, 4.69) is 11.4 Å². The second-order valence-electron chi connectivity index (χ2n) is 7.74. The minimum atomic E-state index is -0.479. The Morgan fingerprint density at radius 3 is 2.72 bits per heavy atom. The van der Waals surface area contributed by atoms with E-state index in [0.29, 0.717) is 13.1 Å². The number of amides is 3. The molecule has 3 amide bonds. The topological polar surface area (TPSA) is 66.7 Å². The van der Waals surface area contributed by atoms with Crippen LogP contribution >= 0.6 is 11.3 Å². The highest BCUT2D eigenvalue weighted by Gasteiger charge is 2.43. The summed E-state index contributed by atoms with van der Waals surface area (Å²) in [7, 11) is 0. The van der Waals surface area contributed by atoms with Gasteiger partial charge in [-0.3, -0.25) is 4.79 Å². The predicted molar refractivity (Wildman–Crippen MR) is 112 cm³/mol. The van der Waals surface area contributed by atoms with E-state index in [9.17, 15) is 9.59 Å². The third kappa shape index (κ3) is 3.52. The summed E-state index contributed by atoms with van der Waals surface area (Å²) >= 11 is 1.72. The summed E-state index contributed by atoms with van der Waals surface area (Å²) < 4.78 is 1.19. The van der Waals surface area contributed by atoms with Crippen molar-refractivity contribution in [2.75, 3.05) is 13.2 Å². The SMILES string of the molecule is O=C1N[C@@H](Cc2ccccc2)C(=O)N1C[NH+]1CCC[C@@H]1c1nc2ccccc2s1. The number of hydrogen-bond acceptors (Lipinski definition) is 4. The molecule has 1 unspecified atom stereocenters. The maximum Gasteiger partial charge on any atom is 0.329 e. The van der Waals surface area contributed by atoms with Crippen LogP contribution in [0.3, 0.4) is 0 Å². The Kier molecular flexibility index (Phi) is 4.77. The van der Waals surface area contributed by atoms with Gasteiger partial charge in [-0.1, -0.05) is 42.5 Å². The molecule has 0 bridgehead atoms. The molecule has 1 aromatic heterocycles. The molecule has 5 rings (SSSR count). The van der Waals surface area contributed by atoms with Gasteiger partial charge in [-0.15, -0.1) is 11.3 Å². The Balaban J connectivity index is 1.31. The maximum absolute atomic E-state index is 12.9. The number of imide groups is 1. The van der Waals surface area contributed by atoms with Crippen LogP contribution in [-0.2, 0) is 11.2 Å². The lowest BCUT2D eigenvalue weighted by molar-refractivity contribution is -0.925. The van der Waals surface area contributed by atoms with Gasteiger partial charge in [0.2, 0.25) is 0 Å². The third-order valence-electron chi connectivity index (χ3n) is 5.84. The standard InChI is InChI=1S/C22H22N4O2S/c27-21-17(13-15-7-2-1-3-8-15)24-22(28)26(21)14-25-12-6-10-18(25)20-23-16-9-4-5-11-19(16)29-20/h1-5,7-9,11,17-18H,6,10,12-14H2,(H,24,28)/p+1/t17-,18+/m0/s1. The number of thiazole rings is 1. The number of nitrogens with zero attached hydrogens (tertiary/aromatic N) is 2. The largest absolute Gasteiger partial charge is 0.329 e. The van der Waals surface area contributed by atoms with Crippen molar-refractivity contribution in [3.05, 3.63) is 65.2 Å². The number of para-hydroxylation sites is 1. The van der Waals surface area contributed by atoms with Crippen molar-refractivity contribution in [2.24, 2.45) is 0 Å². The number of hydrogen-bond donors (Lipinski definition) is 2. The molecule has 7 heteroatoms.